The van der Waals surface area contributed by atoms with Gasteiger partial charge >= 0.3 is 5.97 Å². The van der Waals surface area contributed by atoms with Crippen LogP contribution in [0.4, 0.5) is 0 Å². The van der Waals surface area contributed by atoms with E-state index in [1.807, 2.05) is 43.1 Å². The number of cyclic esters (lactones) is 1. The predicted octanol–water partition coefficient (Wildman–Crippen LogP) is 2.60. The molecule has 8 nitrogen and oxygen atoms in total. The highest BCUT2D eigenvalue weighted by Crippen LogP contribution is 2.54. The van der Waals surface area contributed by atoms with Crippen LogP contribution in [0.2, 0.25) is 0 Å². The van der Waals surface area contributed by atoms with Crippen LogP contribution < -0.4 is 0 Å². The molecule has 1 unspecified atom stereocenters. The Labute approximate surface area is 213 Å². The molecule has 2 saturated heterocycles. The molecular formula is C28H40N2O6. The van der Waals surface area contributed by atoms with Crippen molar-refractivity contribution >= 4 is 17.8 Å². The fourth-order valence-electron chi connectivity index (χ4n) is 7.14. The lowest BCUT2D eigenvalue weighted by Crippen LogP contribution is -2.59. The first kappa shape index (κ1) is 25.5. The van der Waals surface area contributed by atoms with Crippen LogP contribution in [-0.2, 0) is 23.9 Å². The topological polar surface area (TPSA) is 96.4 Å². The maximum Gasteiger partial charge on any atom is 0.312 e. The summed E-state index contributed by atoms with van der Waals surface area (Å²) in [6, 6.07) is -1.31. The third kappa shape index (κ3) is 4.20. The molecule has 0 aromatic rings. The highest BCUT2D eigenvalue weighted by molar-refractivity contribution is 5.99. The molecule has 1 spiro atoms. The van der Waals surface area contributed by atoms with E-state index in [1.54, 1.807) is 4.90 Å². The molecule has 5 rings (SSSR count). The SMILES string of the molecule is CC(C)C[C@H](CO)N1C(=O)[C@@H]2[C@@H]3C(=O)OCCC/C=C\[C@@H]3O[C@@]23C=CCN(C2CCCCC2)C(=O)C13. The smallest absolute Gasteiger partial charge is 0.312 e. The van der Waals surface area contributed by atoms with Crippen LogP contribution >= 0.6 is 0 Å². The minimum absolute atomic E-state index is 0.128. The van der Waals surface area contributed by atoms with E-state index in [0.717, 1.165) is 38.5 Å². The monoisotopic (exact) mass is 500 g/mol. The number of allylic oxidation sites excluding steroid dienone is 1. The summed E-state index contributed by atoms with van der Waals surface area (Å²) in [5.74, 6) is -2.34. The molecule has 0 bridgehead atoms. The first-order valence-corrected chi connectivity index (χ1v) is 13.8. The van der Waals surface area contributed by atoms with Gasteiger partial charge in [-0.25, -0.2) is 0 Å². The second-order valence-corrected chi connectivity index (χ2v) is 11.5. The summed E-state index contributed by atoms with van der Waals surface area (Å²) in [7, 11) is 0. The summed E-state index contributed by atoms with van der Waals surface area (Å²) in [4.78, 5) is 45.4. The van der Waals surface area contributed by atoms with E-state index in [-0.39, 0.29) is 30.4 Å². The summed E-state index contributed by atoms with van der Waals surface area (Å²) >= 11 is 0. The molecule has 5 aliphatic rings. The number of amides is 2. The molecule has 1 N–H and O–H groups in total. The summed E-state index contributed by atoms with van der Waals surface area (Å²) in [6.45, 7) is 4.59. The number of aliphatic hydroxyl groups excluding tert-OH is 1. The van der Waals surface area contributed by atoms with Crippen LogP contribution in [0.5, 0.6) is 0 Å². The maximum absolute atomic E-state index is 14.4. The summed E-state index contributed by atoms with van der Waals surface area (Å²) < 4.78 is 12.2. The van der Waals surface area contributed by atoms with Crippen molar-refractivity contribution in [3.63, 3.8) is 0 Å². The number of aliphatic hydroxyl groups is 1. The Bertz CT molecular complexity index is 925. The number of carbonyl (C=O) groups is 3. The van der Waals surface area contributed by atoms with Crippen LogP contribution in [0.3, 0.4) is 0 Å². The molecule has 2 amide bonds. The first-order chi connectivity index (χ1) is 17.4. The van der Waals surface area contributed by atoms with Gasteiger partial charge in [0.05, 0.1) is 31.3 Å². The molecular weight excluding hydrogens is 460 g/mol. The largest absolute Gasteiger partial charge is 0.465 e. The van der Waals surface area contributed by atoms with Gasteiger partial charge in [0.1, 0.15) is 17.6 Å². The van der Waals surface area contributed by atoms with Gasteiger partial charge in [-0.15, -0.1) is 0 Å². The van der Waals surface area contributed by atoms with Crippen molar-refractivity contribution in [1.82, 2.24) is 9.80 Å². The Morgan fingerprint density at radius 3 is 2.58 bits per heavy atom. The number of hydrogen-bond acceptors (Lipinski definition) is 6. The van der Waals surface area contributed by atoms with Crippen LogP contribution in [0.15, 0.2) is 24.3 Å². The quantitative estimate of drug-likeness (QED) is 0.461. The Morgan fingerprint density at radius 2 is 1.86 bits per heavy atom. The van der Waals surface area contributed by atoms with Gasteiger partial charge in [0.15, 0.2) is 0 Å². The van der Waals surface area contributed by atoms with E-state index in [1.165, 1.54) is 6.42 Å². The molecule has 0 aromatic heterocycles. The van der Waals surface area contributed by atoms with Crippen molar-refractivity contribution in [3.8, 4) is 0 Å². The van der Waals surface area contributed by atoms with Crippen molar-refractivity contribution < 1.29 is 29.0 Å². The zero-order valence-electron chi connectivity index (χ0n) is 21.5. The number of hydrogen-bond donors (Lipinski definition) is 1. The Morgan fingerprint density at radius 1 is 1.08 bits per heavy atom. The minimum Gasteiger partial charge on any atom is -0.465 e. The van der Waals surface area contributed by atoms with Crippen molar-refractivity contribution in [2.75, 3.05) is 19.8 Å². The molecule has 36 heavy (non-hydrogen) atoms. The van der Waals surface area contributed by atoms with E-state index < -0.39 is 41.6 Å². The van der Waals surface area contributed by atoms with Crippen LogP contribution in [0.1, 0.15) is 65.2 Å². The fraction of sp³-hybridized carbons (Fsp3) is 0.750. The molecule has 8 heteroatoms. The Balaban J connectivity index is 1.60. The lowest BCUT2D eigenvalue weighted by molar-refractivity contribution is -0.157. The standard InChI is InChI=1S/C28H40N2O6/c1-18(2)16-20(17-31)30-24-26(33)29(19-10-5-3-6-11-19)14-9-13-28(24)23(25(30)32)22-21(36-28)12-7-4-8-15-35-27(22)34/h7,9,12-13,18-24,31H,3-6,8,10-11,14-17H2,1-2H3/b12-7-/t20-,21+,22-,23+,24?,28+/m1/s1. The third-order valence-corrected chi connectivity index (χ3v) is 8.68. The minimum atomic E-state index is -1.26. The second-order valence-electron chi connectivity index (χ2n) is 11.5. The Kier molecular flexibility index (Phi) is 7.27. The van der Waals surface area contributed by atoms with Crippen LogP contribution in [-0.4, -0.2) is 82.3 Å². The molecule has 4 heterocycles. The predicted molar refractivity (Wildman–Crippen MR) is 133 cm³/mol. The number of ether oxygens (including phenoxy) is 2. The average molecular weight is 501 g/mol. The van der Waals surface area contributed by atoms with E-state index in [0.29, 0.717) is 19.6 Å². The number of fused-ring (bicyclic) bond motifs is 2. The van der Waals surface area contributed by atoms with Crippen molar-refractivity contribution in [2.24, 2.45) is 17.8 Å². The fourth-order valence-corrected chi connectivity index (χ4v) is 7.14. The lowest BCUT2D eigenvalue weighted by atomic mass is 9.78. The van der Waals surface area contributed by atoms with Crippen molar-refractivity contribution in [2.45, 2.75) is 95.0 Å². The highest BCUT2D eigenvalue weighted by atomic mass is 16.6. The van der Waals surface area contributed by atoms with Gasteiger partial charge in [-0.1, -0.05) is 57.4 Å². The van der Waals surface area contributed by atoms with E-state index >= 15 is 0 Å². The summed E-state index contributed by atoms with van der Waals surface area (Å²) in [5.41, 5.74) is -1.26. The lowest BCUT2D eigenvalue weighted by Gasteiger charge is -2.41. The highest BCUT2D eigenvalue weighted by Gasteiger charge is 2.72. The molecule has 3 fully saturated rings. The summed E-state index contributed by atoms with van der Waals surface area (Å²) in [6.07, 6.45) is 14.3. The normalized spacial score (nSPS) is 36.9. The van der Waals surface area contributed by atoms with Gasteiger partial charge in [-0.2, -0.15) is 0 Å². The molecule has 4 aliphatic heterocycles. The van der Waals surface area contributed by atoms with Crippen LogP contribution in [0, 0.1) is 17.8 Å². The zero-order valence-corrected chi connectivity index (χ0v) is 21.5. The van der Waals surface area contributed by atoms with Crippen molar-refractivity contribution in [1.29, 1.82) is 0 Å². The van der Waals surface area contributed by atoms with Gasteiger partial charge in [0.25, 0.3) is 0 Å². The van der Waals surface area contributed by atoms with Crippen LogP contribution in [0.25, 0.3) is 0 Å². The average Bonchev–Trinajstić information content (AvgIpc) is 3.28. The van der Waals surface area contributed by atoms with Crippen molar-refractivity contribution in [3.05, 3.63) is 24.3 Å². The molecule has 6 atom stereocenters. The number of nitrogens with zero attached hydrogens (tertiary/aromatic N) is 2. The molecule has 0 radical (unpaired) electrons. The molecule has 198 valence electrons. The number of carbonyl (C=O) groups excluding carboxylic acids is 3. The third-order valence-electron chi connectivity index (χ3n) is 8.68. The summed E-state index contributed by atoms with van der Waals surface area (Å²) in [5, 5.41) is 10.4. The van der Waals surface area contributed by atoms with E-state index in [2.05, 4.69) is 0 Å². The van der Waals surface area contributed by atoms with Gasteiger partial charge in [0.2, 0.25) is 11.8 Å². The maximum atomic E-state index is 14.4. The first-order valence-electron chi connectivity index (χ1n) is 13.8. The van der Waals surface area contributed by atoms with E-state index in [9.17, 15) is 19.5 Å². The van der Waals surface area contributed by atoms with Gasteiger partial charge in [0, 0.05) is 12.6 Å². The molecule has 1 saturated carbocycles. The van der Waals surface area contributed by atoms with Gasteiger partial charge in [-0.05, 0) is 38.0 Å². The van der Waals surface area contributed by atoms with E-state index in [4.69, 9.17) is 9.47 Å². The second kappa shape index (κ2) is 10.3. The van der Waals surface area contributed by atoms with Gasteiger partial charge < -0.3 is 24.4 Å². The molecule has 0 aromatic carbocycles. The Hall–Kier alpha value is -2.19. The number of esters is 1. The number of likely N-dealkylation sites (tertiary alicyclic amines) is 1. The van der Waals surface area contributed by atoms with Gasteiger partial charge in [-0.3, -0.25) is 14.4 Å². The molecule has 1 aliphatic carbocycles. The number of rotatable bonds is 5. The zero-order chi connectivity index (χ0) is 25.4.